The van der Waals surface area contributed by atoms with E-state index >= 15 is 0 Å². The summed E-state index contributed by atoms with van der Waals surface area (Å²) in [7, 11) is 0. The van der Waals surface area contributed by atoms with E-state index in [9.17, 15) is 4.79 Å². The molecular weight excluding hydrogens is 414 g/mol. The summed E-state index contributed by atoms with van der Waals surface area (Å²) in [5, 5.41) is 9.19. The molecule has 0 atom stereocenters. The topological polar surface area (TPSA) is 72.6 Å². The van der Waals surface area contributed by atoms with Gasteiger partial charge in [-0.25, -0.2) is 9.78 Å². The molecule has 0 amide bonds. The molecule has 0 unspecified atom stereocenters. The van der Waals surface area contributed by atoms with Crippen molar-refractivity contribution in [1.29, 1.82) is 0 Å². The first kappa shape index (κ1) is 24.2. The Morgan fingerprint density at radius 1 is 1.00 bits per heavy atom. The number of ether oxygens (including phenoxy) is 1. The van der Waals surface area contributed by atoms with Crippen molar-refractivity contribution in [3.05, 3.63) is 78.0 Å². The molecular formula is C28H31NO4. The van der Waals surface area contributed by atoms with Gasteiger partial charge in [0.1, 0.15) is 12.4 Å². The summed E-state index contributed by atoms with van der Waals surface area (Å²) < 4.78 is 10.9. The van der Waals surface area contributed by atoms with Gasteiger partial charge in [0.25, 0.3) is 0 Å². The predicted octanol–water partition coefficient (Wildman–Crippen LogP) is 6.92. The second kappa shape index (κ2) is 12.0. The van der Waals surface area contributed by atoms with Crippen molar-refractivity contribution >= 4 is 17.1 Å². The van der Waals surface area contributed by atoms with Crippen LogP contribution in [-0.4, -0.2) is 29.3 Å². The van der Waals surface area contributed by atoms with Gasteiger partial charge in [0.2, 0.25) is 5.71 Å². The molecule has 33 heavy (non-hydrogen) atoms. The monoisotopic (exact) mass is 445 g/mol. The Morgan fingerprint density at radius 3 is 2.36 bits per heavy atom. The highest BCUT2D eigenvalue weighted by atomic mass is 16.5. The Balaban J connectivity index is 0.000000292. The molecule has 2 aromatic heterocycles. The highest BCUT2D eigenvalue weighted by Crippen LogP contribution is 2.41. The molecule has 4 aromatic rings. The summed E-state index contributed by atoms with van der Waals surface area (Å²) in [6.45, 7) is 6.71. The van der Waals surface area contributed by atoms with Gasteiger partial charge in [0.05, 0.1) is 5.39 Å². The molecule has 5 heteroatoms. The number of nitrogens with zero attached hydrogens (tertiary/aromatic N) is 1. The van der Waals surface area contributed by atoms with Gasteiger partial charge in [-0.2, -0.15) is 0 Å². The van der Waals surface area contributed by atoms with Crippen LogP contribution in [0.5, 0.6) is 0 Å². The quantitative estimate of drug-likeness (QED) is 0.298. The molecule has 0 fully saturated rings. The first-order chi connectivity index (χ1) is 16.0. The van der Waals surface area contributed by atoms with Crippen LogP contribution in [0.4, 0.5) is 0 Å². The van der Waals surface area contributed by atoms with E-state index in [0.29, 0.717) is 12.3 Å². The highest BCUT2D eigenvalue weighted by molar-refractivity contribution is 6.02. The van der Waals surface area contributed by atoms with Crippen LogP contribution in [0.25, 0.3) is 33.6 Å². The summed E-state index contributed by atoms with van der Waals surface area (Å²) in [6, 6.07) is 21.0. The smallest absolute Gasteiger partial charge is 0.329 e. The molecule has 0 saturated carbocycles. The zero-order chi connectivity index (χ0) is 23.6. The van der Waals surface area contributed by atoms with Crippen molar-refractivity contribution < 1.29 is 19.1 Å². The van der Waals surface area contributed by atoms with Crippen molar-refractivity contribution in [1.82, 2.24) is 4.98 Å². The van der Waals surface area contributed by atoms with Crippen LogP contribution >= 0.6 is 0 Å². The highest BCUT2D eigenvalue weighted by Gasteiger charge is 2.19. The minimum Gasteiger partial charge on any atom is -0.480 e. The van der Waals surface area contributed by atoms with Crippen molar-refractivity contribution in [2.24, 2.45) is 0 Å². The Kier molecular flexibility index (Phi) is 8.79. The molecule has 2 aromatic carbocycles. The lowest BCUT2D eigenvalue weighted by atomic mass is 9.96. The van der Waals surface area contributed by atoms with Gasteiger partial charge in [-0.05, 0) is 42.5 Å². The van der Waals surface area contributed by atoms with Gasteiger partial charge in [0.15, 0.2) is 0 Å². The van der Waals surface area contributed by atoms with E-state index in [0.717, 1.165) is 41.5 Å². The fourth-order valence-electron chi connectivity index (χ4n) is 3.56. The van der Waals surface area contributed by atoms with Gasteiger partial charge in [-0.15, -0.1) is 0 Å². The van der Waals surface area contributed by atoms with E-state index in [-0.39, 0.29) is 6.61 Å². The number of carbonyl (C=O) groups is 1. The van der Waals surface area contributed by atoms with E-state index in [1.165, 1.54) is 16.7 Å². The van der Waals surface area contributed by atoms with Crippen LogP contribution in [0.15, 0.2) is 71.3 Å². The normalized spacial score (nSPS) is 10.6. The minimum absolute atomic E-state index is 0.167. The summed E-state index contributed by atoms with van der Waals surface area (Å²) in [4.78, 5) is 14.3. The number of unbranched alkanes of at least 4 members (excludes halogenated alkanes) is 1. The standard InChI is InChI=1S/C22H19NO.C6H12O3/c1-3-16-9-11-17(12-10-16)20-19-15(2)13-14-23-22(19)24-21(20)18-7-5-4-6-8-18;1-2-3-4-9-5-6(7)8/h4-14H,3H2,1-2H3;2-5H2,1H3,(H,7,8). The number of hydrogen-bond donors (Lipinski definition) is 1. The zero-order valence-electron chi connectivity index (χ0n) is 19.5. The number of aryl methyl sites for hydroxylation is 2. The van der Waals surface area contributed by atoms with Gasteiger partial charge in [-0.1, -0.05) is 74.9 Å². The number of aliphatic carboxylic acids is 1. The Bertz CT molecular complexity index is 1160. The predicted molar refractivity (Wildman–Crippen MR) is 132 cm³/mol. The number of carboxylic acids is 1. The van der Waals surface area contributed by atoms with Crippen molar-refractivity contribution in [2.75, 3.05) is 13.2 Å². The van der Waals surface area contributed by atoms with Crippen LogP contribution in [0.1, 0.15) is 37.8 Å². The van der Waals surface area contributed by atoms with Gasteiger partial charge < -0.3 is 14.3 Å². The van der Waals surface area contributed by atoms with E-state index in [2.05, 4.69) is 55.2 Å². The maximum atomic E-state index is 9.84. The Labute approximate surface area is 195 Å². The van der Waals surface area contributed by atoms with Crippen molar-refractivity contribution in [3.63, 3.8) is 0 Å². The molecule has 4 rings (SSSR count). The van der Waals surface area contributed by atoms with Crippen LogP contribution in [0.3, 0.4) is 0 Å². The molecule has 172 valence electrons. The van der Waals surface area contributed by atoms with Crippen LogP contribution < -0.4 is 0 Å². The van der Waals surface area contributed by atoms with Gasteiger partial charge in [-0.3, -0.25) is 0 Å². The maximum absolute atomic E-state index is 9.84. The number of benzene rings is 2. The summed E-state index contributed by atoms with van der Waals surface area (Å²) in [6.07, 6.45) is 4.82. The number of aromatic nitrogens is 1. The molecule has 2 heterocycles. The lowest BCUT2D eigenvalue weighted by Gasteiger charge is -2.06. The van der Waals surface area contributed by atoms with Crippen molar-refractivity contribution in [2.45, 2.75) is 40.0 Å². The molecule has 5 nitrogen and oxygen atoms in total. The van der Waals surface area contributed by atoms with E-state index in [1.807, 2.05) is 31.2 Å². The lowest BCUT2D eigenvalue weighted by molar-refractivity contribution is -0.142. The van der Waals surface area contributed by atoms with Gasteiger partial charge >= 0.3 is 5.97 Å². The second-order valence-corrected chi connectivity index (χ2v) is 7.83. The average molecular weight is 446 g/mol. The first-order valence-electron chi connectivity index (χ1n) is 11.4. The molecule has 0 spiro atoms. The maximum Gasteiger partial charge on any atom is 0.329 e. The number of hydrogen-bond acceptors (Lipinski definition) is 4. The zero-order valence-corrected chi connectivity index (χ0v) is 19.5. The number of fused-ring (bicyclic) bond motifs is 1. The number of pyridine rings is 1. The Morgan fingerprint density at radius 2 is 1.73 bits per heavy atom. The minimum atomic E-state index is -0.897. The third-order valence-corrected chi connectivity index (χ3v) is 5.35. The number of carboxylic acid groups (broad SMARTS) is 1. The van der Waals surface area contributed by atoms with Crippen LogP contribution in [-0.2, 0) is 16.0 Å². The van der Waals surface area contributed by atoms with E-state index < -0.39 is 5.97 Å². The SMILES string of the molecule is CCCCOCC(=O)O.CCc1ccc(-c2c(-c3ccccc3)oc3nccc(C)c23)cc1. The van der Waals surface area contributed by atoms with E-state index in [4.69, 9.17) is 14.3 Å². The number of furan rings is 1. The van der Waals surface area contributed by atoms with Crippen LogP contribution in [0.2, 0.25) is 0 Å². The third-order valence-electron chi connectivity index (χ3n) is 5.35. The Hall–Kier alpha value is -3.44. The summed E-state index contributed by atoms with van der Waals surface area (Å²) in [5.41, 5.74) is 6.58. The molecule has 0 aliphatic heterocycles. The number of rotatable bonds is 8. The first-order valence-corrected chi connectivity index (χ1v) is 11.4. The van der Waals surface area contributed by atoms with Crippen molar-refractivity contribution in [3.8, 4) is 22.5 Å². The van der Waals surface area contributed by atoms with Crippen LogP contribution in [0, 0.1) is 6.92 Å². The fourth-order valence-corrected chi connectivity index (χ4v) is 3.56. The molecule has 1 N–H and O–H groups in total. The fraction of sp³-hybridized carbons (Fsp3) is 0.286. The molecule has 0 bridgehead atoms. The summed E-state index contributed by atoms with van der Waals surface area (Å²) in [5.74, 6) is -0.0113. The average Bonchev–Trinajstić information content (AvgIpc) is 3.24. The second-order valence-electron chi connectivity index (χ2n) is 7.83. The lowest BCUT2D eigenvalue weighted by Crippen LogP contribution is -2.07. The van der Waals surface area contributed by atoms with E-state index in [1.54, 1.807) is 6.20 Å². The summed E-state index contributed by atoms with van der Waals surface area (Å²) >= 11 is 0. The molecule has 0 radical (unpaired) electrons. The molecule has 0 aliphatic carbocycles. The largest absolute Gasteiger partial charge is 0.480 e. The molecule has 0 saturated heterocycles. The van der Waals surface area contributed by atoms with Gasteiger partial charge in [0, 0.05) is 23.9 Å². The third kappa shape index (κ3) is 6.30. The molecule has 0 aliphatic rings.